The third-order valence-electron chi connectivity index (χ3n) is 6.83. The summed E-state index contributed by atoms with van der Waals surface area (Å²) in [4.78, 5) is 41.8. The second-order valence-corrected chi connectivity index (χ2v) is 10.7. The maximum Gasteiger partial charge on any atom is 0.329 e. The number of amides is 1. The van der Waals surface area contributed by atoms with Gasteiger partial charge in [-0.05, 0) is 56.1 Å². The Morgan fingerprint density at radius 3 is 2.76 bits per heavy atom. The van der Waals surface area contributed by atoms with Crippen molar-refractivity contribution < 1.29 is 19.1 Å². The number of carbonyl (C=O) groups excluding carboxylic acids is 2. The first-order chi connectivity index (χ1) is 18.6. The van der Waals surface area contributed by atoms with Gasteiger partial charge in [-0.15, -0.1) is 0 Å². The number of imidazole rings is 1. The standard InChI is InChI=1S/C27H34N6O4S/c1-38-14-12-21(27(35)37-16-19-7-3-2-4-8-19)31-22(34)15-32(20-10-11-20)25-24-26(29-17-28-25)33(18-30-24)23-9-5-6-13-36-23/h2-4,7-8,17-18,20-21,23H,5-6,9-16H2,1H3,(H,31,34)/t21-,23?/m0/s1. The van der Waals surface area contributed by atoms with Crippen LogP contribution in [0.2, 0.25) is 0 Å². The van der Waals surface area contributed by atoms with Gasteiger partial charge >= 0.3 is 5.97 Å². The van der Waals surface area contributed by atoms with E-state index in [0.29, 0.717) is 23.4 Å². The third-order valence-corrected chi connectivity index (χ3v) is 7.48. The highest BCUT2D eigenvalue weighted by molar-refractivity contribution is 7.98. The van der Waals surface area contributed by atoms with Crippen LogP contribution in [0, 0.1) is 0 Å². The molecule has 2 aliphatic rings. The number of aromatic nitrogens is 4. The van der Waals surface area contributed by atoms with Crippen molar-refractivity contribution in [2.45, 2.75) is 63.4 Å². The zero-order valence-corrected chi connectivity index (χ0v) is 22.4. The van der Waals surface area contributed by atoms with Crippen LogP contribution >= 0.6 is 11.8 Å². The zero-order chi connectivity index (χ0) is 26.3. The molecule has 1 aliphatic heterocycles. The summed E-state index contributed by atoms with van der Waals surface area (Å²) in [6.07, 6.45) is 10.7. The number of hydrogen-bond acceptors (Lipinski definition) is 9. The highest BCUT2D eigenvalue weighted by Gasteiger charge is 2.34. The topological polar surface area (TPSA) is 111 Å². The van der Waals surface area contributed by atoms with Crippen LogP contribution in [0.15, 0.2) is 43.0 Å². The fraction of sp³-hybridized carbons (Fsp3) is 0.519. The minimum absolute atomic E-state index is 0.0747. The molecule has 1 saturated carbocycles. The summed E-state index contributed by atoms with van der Waals surface area (Å²) in [6, 6.07) is 9.01. The maximum atomic E-state index is 13.2. The molecule has 2 fully saturated rings. The predicted molar refractivity (Wildman–Crippen MR) is 146 cm³/mol. The van der Waals surface area contributed by atoms with E-state index in [9.17, 15) is 9.59 Å². The molecular formula is C27H34N6O4S. The van der Waals surface area contributed by atoms with Gasteiger partial charge in [0.05, 0.1) is 12.9 Å². The van der Waals surface area contributed by atoms with Crippen LogP contribution in [0.1, 0.15) is 50.3 Å². The third kappa shape index (κ3) is 6.44. The Labute approximate surface area is 226 Å². The molecule has 1 aromatic carbocycles. The van der Waals surface area contributed by atoms with Gasteiger partial charge < -0.3 is 19.7 Å². The normalized spacial score (nSPS) is 18.2. The van der Waals surface area contributed by atoms with E-state index in [4.69, 9.17) is 9.47 Å². The number of fused-ring (bicyclic) bond motifs is 1. The van der Waals surface area contributed by atoms with E-state index >= 15 is 0 Å². The van der Waals surface area contributed by atoms with Gasteiger partial charge in [0.15, 0.2) is 17.0 Å². The molecule has 1 unspecified atom stereocenters. The first kappa shape index (κ1) is 26.4. The number of thioether (sulfide) groups is 1. The molecule has 3 aromatic rings. The van der Waals surface area contributed by atoms with Gasteiger partial charge in [0.2, 0.25) is 5.91 Å². The average molecular weight is 539 g/mol. The van der Waals surface area contributed by atoms with Crippen molar-refractivity contribution in [3.63, 3.8) is 0 Å². The van der Waals surface area contributed by atoms with Crippen molar-refractivity contribution >= 4 is 40.6 Å². The lowest BCUT2D eigenvalue weighted by Crippen LogP contribution is -2.47. The molecule has 2 aromatic heterocycles. The summed E-state index contributed by atoms with van der Waals surface area (Å²) in [5.41, 5.74) is 2.26. The Kier molecular flexibility index (Phi) is 8.75. The SMILES string of the molecule is CSCC[C@H](NC(=O)CN(c1ncnc2c1ncn2C1CCCCO1)C1CC1)C(=O)OCc1ccccc1. The minimum atomic E-state index is -0.715. The molecule has 11 heteroatoms. The first-order valence-electron chi connectivity index (χ1n) is 13.2. The summed E-state index contributed by atoms with van der Waals surface area (Å²) in [5.74, 6) is 0.686. The van der Waals surface area contributed by atoms with Gasteiger partial charge in [-0.2, -0.15) is 11.8 Å². The molecule has 202 valence electrons. The quantitative estimate of drug-likeness (QED) is 0.347. The van der Waals surface area contributed by atoms with Crippen LogP contribution in [0.25, 0.3) is 11.2 Å². The van der Waals surface area contributed by atoms with Crippen LogP contribution < -0.4 is 10.2 Å². The molecular weight excluding hydrogens is 504 g/mol. The van der Waals surface area contributed by atoms with Crippen LogP contribution in [0.3, 0.4) is 0 Å². The first-order valence-corrected chi connectivity index (χ1v) is 14.6. The summed E-state index contributed by atoms with van der Waals surface area (Å²) >= 11 is 1.62. The number of anilines is 1. The molecule has 0 bridgehead atoms. The Balaban J connectivity index is 1.28. The van der Waals surface area contributed by atoms with Crippen LogP contribution in [-0.2, 0) is 25.7 Å². The van der Waals surface area contributed by atoms with Gasteiger partial charge in [0.25, 0.3) is 0 Å². The molecule has 0 spiro atoms. The van der Waals surface area contributed by atoms with Crippen molar-refractivity contribution in [2.24, 2.45) is 0 Å². The molecule has 1 aliphatic carbocycles. The number of hydrogen-bond donors (Lipinski definition) is 1. The van der Waals surface area contributed by atoms with E-state index in [1.54, 1.807) is 18.1 Å². The van der Waals surface area contributed by atoms with Gasteiger partial charge in [0, 0.05) is 12.6 Å². The fourth-order valence-corrected chi connectivity index (χ4v) is 5.15. The predicted octanol–water partition coefficient (Wildman–Crippen LogP) is 3.48. The fourth-order valence-electron chi connectivity index (χ4n) is 4.68. The van der Waals surface area contributed by atoms with Crippen molar-refractivity contribution in [1.29, 1.82) is 0 Å². The summed E-state index contributed by atoms with van der Waals surface area (Å²) < 4.78 is 13.4. The summed E-state index contributed by atoms with van der Waals surface area (Å²) in [5, 5.41) is 2.92. The number of benzene rings is 1. The van der Waals surface area contributed by atoms with Crippen molar-refractivity contribution in [3.8, 4) is 0 Å². The highest BCUT2D eigenvalue weighted by atomic mass is 32.2. The number of ether oxygens (including phenoxy) is 2. The number of carbonyl (C=O) groups is 2. The summed E-state index contributed by atoms with van der Waals surface area (Å²) in [6.45, 7) is 0.971. The van der Waals surface area contributed by atoms with Crippen molar-refractivity contribution in [1.82, 2.24) is 24.8 Å². The smallest absolute Gasteiger partial charge is 0.329 e. The lowest BCUT2D eigenvalue weighted by atomic mass is 10.2. The molecule has 0 radical (unpaired) electrons. The zero-order valence-electron chi connectivity index (χ0n) is 21.6. The number of nitrogens with zero attached hydrogens (tertiary/aromatic N) is 5. The van der Waals surface area contributed by atoms with E-state index in [0.717, 1.165) is 50.0 Å². The van der Waals surface area contributed by atoms with E-state index < -0.39 is 12.0 Å². The molecule has 38 heavy (non-hydrogen) atoms. The highest BCUT2D eigenvalue weighted by Crippen LogP contribution is 2.34. The second-order valence-electron chi connectivity index (χ2n) is 9.70. The molecule has 3 heterocycles. The number of nitrogens with one attached hydrogen (secondary N) is 1. The monoisotopic (exact) mass is 538 g/mol. The molecule has 1 amide bonds. The lowest BCUT2D eigenvalue weighted by Gasteiger charge is -2.25. The van der Waals surface area contributed by atoms with Gasteiger partial charge in [0.1, 0.15) is 25.2 Å². The van der Waals surface area contributed by atoms with Crippen LogP contribution in [-0.4, -0.2) is 68.6 Å². The van der Waals surface area contributed by atoms with Crippen LogP contribution in [0.5, 0.6) is 0 Å². The Morgan fingerprint density at radius 2 is 2.03 bits per heavy atom. The second kappa shape index (κ2) is 12.6. The molecule has 5 rings (SSSR count). The van der Waals surface area contributed by atoms with E-state index in [1.807, 2.05) is 46.1 Å². The van der Waals surface area contributed by atoms with Crippen molar-refractivity contribution in [2.75, 3.05) is 30.1 Å². The number of rotatable bonds is 12. The Bertz CT molecular complexity index is 1230. The average Bonchev–Trinajstić information content (AvgIpc) is 3.71. The van der Waals surface area contributed by atoms with Gasteiger partial charge in [-0.25, -0.2) is 19.7 Å². The van der Waals surface area contributed by atoms with Crippen molar-refractivity contribution in [3.05, 3.63) is 48.5 Å². The lowest BCUT2D eigenvalue weighted by molar-refractivity contribution is -0.149. The van der Waals surface area contributed by atoms with E-state index in [1.165, 1.54) is 6.33 Å². The maximum absolute atomic E-state index is 13.2. The molecule has 1 saturated heterocycles. The largest absolute Gasteiger partial charge is 0.459 e. The Hall–Kier alpha value is -3.18. The van der Waals surface area contributed by atoms with E-state index in [2.05, 4.69) is 20.3 Å². The molecule has 2 atom stereocenters. The summed E-state index contributed by atoms with van der Waals surface area (Å²) in [7, 11) is 0. The molecule has 10 nitrogen and oxygen atoms in total. The minimum Gasteiger partial charge on any atom is -0.459 e. The number of esters is 1. The Morgan fingerprint density at radius 1 is 1.18 bits per heavy atom. The molecule has 1 N–H and O–H groups in total. The van der Waals surface area contributed by atoms with Gasteiger partial charge in [-0.1, -0.05) is 30.3 Å². The van der Waals surface area contributed by atoms with E-state index in [-0.39, 0.29) is 31.3 Å². The van der Waals surface area contributed by atoms with Gasteiger partial charge in [-0.3, -0.25) is 9.36 Å². The van der Waals surface area contributed by atoms with Crippen LogP contribution in [0.4, 0.5) is 5.82 Å².